The third-order valence-corrected chi connectivity index (χ3v) is 5.00. The molecular formula is C18H24N6OS. The largest absolute Gasteiger partial charge is 0.356 e. The number of hydrogen-bond donors (Lipinski definition) is 2. The van der Waals surface area contributed by atoms with E-state index < -0.39 is 0 Å². The lowest BCUT2D eigenvalue weighted by Crippen LogP contribution is -2.37. The lowest BCUT2D eigenvalue weighted by atomic mass is 10.1. The number of piperidine rings is 1. The van der Waals surface area contributed by atoms with Crippen LogP contribution in [-0.4, -0.2) is 55.3 Å². The number of Topliss-reactive ketones (excluding diaryl/α,β-unsaturated/α-hetero) is 1. The number of ketones is 1. The summed E-state index contributed by atoms with van der Waals surface area (Å²) >= 11 is 1.45. The number of anilines is 1. The van der Waals surface area contributed by atoms with Gasteiger partial charge in [-0.05, 0) is 38.4 Å². The van der Waals surface area contributed by atoms with E-state index >= 15 is 0 Å². The number of nitrogens with zero attached hydrogens (tertiary/aromatic N) is 4. The van der Waals surface area contributed by atoms with Crippen LogP contribution in [0.3, 0.4) is 0 Å². The van der Waals surface area contributed by atoms with Crippen LogP contribution >= 0.6 is 11.3 Å². The van der Waals surface area contributed by atoms with Crippen LogP contribution in [0.1, 0.15) is 19.3 Å². The number of hydrogen-bond acceptors (Lipinski definition) is 8. The monoisotopic (exact) mass is 372 g/mol. The van der Waals surface area contributed by atoms with Crippen LogP contribution in [0, 0.1) is 0 Å². The van der Waals surface area contributed by atoms with Crippen molar-refractivity contribution < 1.29 is 4.79 Å². The first-order chi connectivity index (χ1) is 12.8. The fourth-order valence-corrected chi connectivity index (χ4v) is 3.40. The number of thiazole rings is 1. The van der Waals surface area contributed by atoms with Gasteiger partial charge in [0.15, 0.2) is 0 Å². The number of pyridine rings is 1. The van der Waals surface area contributed by atoms with E-state index in [9.17, 15) is 4.79 Å². The molecule has 4 heterocycles. The van der Waals surface area contributed by atoms with Crippen molar-refractivity contribution in [3.63, 3.8) is 0 Å². The molecule has 8 heteroatoms. The first kappa shape index (κ1) is 18.6. The van der Waals surface area contributed by atoms with E-state index in [4.69, 9.17) is 0 Å². The second-order valence-electron chi connectivity index (χ2n) is 6.11. The van der Waals surface area contributed by atoms with Gasteiger partial charge in [-0.25, -0.2) is 15.0 Å². The molecule has 0 bridgehead atoms. The molecule has 0 aliphatic carbocycles. The second-order valence-corrected chi connectivity index (χ2v) is 6.95. The molecule has 0 aromatic carbocycles. The van der Waals surface area contributed by atoms with Crippen LogP contribution in [0.5, 0.6) is 0 Å². The van der Waals surface area contributed by atoms with Crippen LogP contribution in [-0.2, 0) is 4.79 Å². The van der Waals surface area contributed by atoms with Gasteiger partial charge in [0.05, 0.1) is 5.69 Å². The maximum absolute atomic E-state index is 11.3. The zero-order valence-corrected chi connectivity index (χ0v) is 15.6. The van der Waals surface area contributed by atoms with Gasteiger partial charge >= 0.3 is 0 Å². The van der Waals surface area contributed by atoms with E-state index in [0.29, 0.717) is 23.8 Å². The first-order valence-electron chi connectivity index (χ1n) is 8.84. The molecule has 2 fully saturated rings. The van der Waals surface area contributed by atoms with E-state index in [0.717, 1.165) is 37.0 Å². The molecule has 4 rings (SSSR count). The number of aromatic nitrogens is 2. The lowest BCUT2D eigenvalue weighted by molar-refractivity contribution is -0.119. The number of carbonyl (C=O) groups excluding carboxylic acids is 1. The van der Waals surface area contributed by atoms with Crippen LogP contribution in [0.2, 0.25) is 0 Å². The van der Waals surface area contributed by atoms with Crippen molar-refractivity contribution in [1.29, 1.82) is 0 Å². The smallest absolute Gasteiger partial charge is 0.209 e. The topological polar surface area (TPSA) is 82.5 Å². The Morgan fingerprint density at radius 1 is 1.12 bits per heavy atom. The van der Waals surface area contributed by atoms with Crippen LogP contribution < -0.4 is 15.5 Å². The minimum absolute atomic E-state index is 0.332. The van der Waals surface area contributed by atoms with E-state index in [2.05, 4.69) is 37.2 Å². The van der Waals surface area contributed by atoms with Crippen molar-refractivity contribution in [2.75, 3.05) is 37.7 Å². The molecule has 0 spiro atoms. The molecule has 2 saturated heterocycles. The Balaban J connectivity index is 0.000000278. The summed E-state index contributed by atoms with van der Waals surface area (Å²) in [4.78, 5) is 26.2. The van der Waals surface area contributed by atoms with Gasteiger partial charge < -0.3 is 15.5 Å². The number of rotatable bonds is 3. The minimum Gasteiger partial charge on any atom is -0.356 e. The zero-order valence-electron chi connectivity index (χ0n) is 14.8. The Morgan fingerprint density at radius 2 is 1.88 bits per heavy atom. The molecule has 0 radical (unpaired) electrons. The summed E-state index contributed by atoms with van der Waals surface area (Å²) < 4.78 is 0. The molecule has 2 aliphatic rings. The highest BCUT2D eigenvalue weighted by atomic mass is 32.1. The van der Waals surface area contributed by atoms with Gasteiger partial charge in [0, 0.05) is 38.0 Å². The fourth-order valence-electron chi connectivity index (χ4n) is 2.79. The van der Waals surface area contributed by atoms with Crippen LogP contribution in [0.25, 0.3) is 11.4 Å². The minimum atomic E-state index is 0.332. The molecule has 0 unspecified atom stereocenters. The number of nitrogens with one attached hydrogen (secondary N) is 2. The van der Waals surface area contributed by atoms with Crippen molar-refractivity contribution in [3.8, 4) is 11.4 Å². The summed E-state index contributed by atoms with van der Waals surface area (Å²) in [6.45, 7) is 8.33. The normalized spacial score (nSPS) is 17.4. The van der Waals surface area contributed by atoms with Crippen molar-refractivity contribution >= 4 is 34.8 Å². The molecule has 0 atom stereocenters. The number of carbonyl (C=O) groups is 1. The van der Waals surface area contributed by atoms with Crippen molar-refractivity contribution in [1.82, 2.24) is 20.6 Å². The predicted octanol–water partition coefficient (Wildman–Crippen LogP) is 2.23. The number of aliphatic imine (C=N–C) groups is 1. The zero-order chi connectivity index (χ0) is 18.2. The highest BCUT2D eigenvalue weighted by Crippen LogP contribution is 2.27. The summed E-state index contributed by atoms with van der Waals surface area (Å²) in [6.07, 6.45) is 2.49. The Kier molecular flexibility index (Phi) is 6.82. The fraction of sp³-hybridized carbons (Fsp3) is 0.444. The molecule has 2 aromatic heterocycles. The van der Waals surface area contributed by atoms with Crippen molar-refractivity contribution in [2.45, 2.75) is 19.3 Å². The third-order valence-electron chi connectivity index (χ3n) is 4.23. The Hall–Kier alpha value is -2.16. The molecular weight excluding hydrogens is 348 g/mol. The van der Waals surface area contributed by atoms with Gasteiger partial charge in [-0.1, -0.05) is 6.07 Å². The molecule has 0 amide bonds. The van der Waals surface area contributed by atoms with E-state index in [1.807, 2.05) is 23.6 Å². The lowest BCUT2D eigenvalue weighted by Gasteiger charge is -2.27. The Bertz CT molecular complexity index is 721. The van der Waals surface area contributed by atoms with Gasteiger partial charge in [-0.2, -0.15) is 0 Å². The van der Waals surface area contributed by atoms with E-state index in [1.54, 1.807) is 0 Å². The van der Waals surface area contributed by atoms with E-state index in [-0.39, 0.29) is 0 Å². The average molecular weight is 372 g/mol. The quantitative estimate of drug-likeness (QED) is 0.804. The van der Waals surface area contributed by atoms with Gasteiger partial charge in [0.25, 0.3) is 0 Å². The maximum atomic E-state index is 11.3. The third kappa shape index (κ3) is 5.17. The Morgan fingerprint density at radius 3 is 2.46 bits per heavy atom. The first-order valence-corrected chi connectivity index (χ1v) is 9.72. The van der Waals surface area contributed by atoms with Crippen molar-refractivity contribution in [3.05, 3.63) is 23.6 Å². The highest BCUT2D eigenvalue weighted by molar-refractivity contribution is 7.13. The highest BCUT2D eigenvalue weighted by Gasteiger charge is 2.18. The van der Waals surface area contributed by atoms with Gasteiger partial charge in [-0.3, -0.25) is 4.79 Å². The average Bonchev–Trinajstić information content (AvgIpc) is 3.20. The molecule has 26 heavy (non-hydrogen) atoms. The maximum Gasteiger partial charge on any atom is 0.209 e. The van der Waals surface area contributed by atoms with E-state index in [1.165, 1.54) is 30.8 Å². The Labute approximate surface area is 157 Å². The summed E-state index contributed by atoms with van der Waals surface area (Å²) in [5, 5.41) is 8.92. The summed E-state index contributed by atoms with van der Waals surface area (Å²) in [5.74, 6) is 1.23. The molecule has 2 N–H and O–H groups in total. The van der Waals surface area contributed by atoms with Gasteiger partial charge in [-0.15, -0.1) is 11.3 Å². The molecule has 2 aromatic rings. The van der Waals surface area contributed by atoms with Gasteiger partial charge in [0.2, 0.25) is 5.13 Å². The molecule has 0 saturated carbocycles. The second kappa shape index (κ2) is 9.51. The van der Waals surface area contributed by atoms with Crippen molar-refractivity contribution in [2.24, 2.45) is 4.99 Å². The SMILES string of the molecule is C1CNCNC1.C=Nc1nc(-c2cccc(N3CCC(=O)CC3)n2)cs1. The molecule has 7 nitrogen and oxygen atoms in total. The summed E-state index contributed by atoms with van der Waals surface area (Å²) in [5.41, 5.74) is 1.64. The summed E-state index contributed by atoms with van der Waals surface area (Å²) in [6, 6.07) is 5.87. The predicted molar refractivity (Wildman–Crippen MR) is 106 cm³/mol. The standard InChI is InChI=1S/C14H14N4OS.C4H10N2/c1-15-14-17-12(9-20-14)11-3-2-4-13(16-11)18-7-5-10(19)6-8-18;1-2-5-4-6-3-1/h2-4,9H,1,5-8H2;5-6H,1-4H2. The molecule has 2 aliphatic heterocycles. The summed E-state index contributed by atoms with van der Waals surface area (Å²) in [7, 11) is 0. The van der Waals surface area contributed by atoms with Gasteiger partial charge in [0.1, 0.15) is 17.3 Å². The van der Waals surface area contributed by atoms with Crippen LogP contribution in [0.15, 0.2) is 28.6 Å². The molecule has 138 valence electrons. The van der Waals surface area contributed by atoms with Crippen LogP contribution in [0.4, 0.5) is 10.9 Å².